The van der Waals surface area contributed by atoms with Gasteiger partial charge in [0.1, 0.15) is 17.4 Å². The van der Waals surface area contributed by atoms with Crippen molar-refractivity contribution in [2.75, 3.05) is 12.0 Å². The molecule has 1 unspecified atom stereocenters. The van der Waals surface area contributed by atoms with Crippen molar-refractivity contribution >= 4 is 30.8 Å². The molecule has 1 aromatic carbocycles. The quantitative estimate of drug-likeness (QED) is 0.415. The fourth-order valence-electron chi connectivity index (χ4n) is 3.01. The predicted molar refractivity (Wildman–Crippen MR) is 105 cm³/mol. The number of carboxylic acids is 1. The molecule has 152 valence electrons. The molecular weight excluding hydrogens is 397 g/mol. The molecule has 12 heteroatoms. The second-order valence-corrected chi connectivity index (χ2v) is 7.44. The zero-order chi connectivity index (χ0) is 21.0. The average Bonchev–Trinajstić information content (AvgIpc) is 3.17. The van der Waals surface area contributed by atoms with Gasteiger partial charge in [-0.1, -0.05) is 17.3 Å². The lowest BCUT2D eigenvalue weighted by atomic mass is 9.72. The lowest BCUT2D eigenvalue weighted by Crippen LogP contribution is -2.54. The number of aromatic nitrogens is 3. The highest BCUT2D eigenvalue weighted by Gasteiger charge is 2.39. The summed E-state index contributed by atoms with van der Waals surface area (Å²) in [6.45, 7) is 0.209. The first kappa shape index (κ1) is 21.0. The minimum Gasteiger partial charge on any atom is -0.534 e. The summed E-state index contributed by atoms with van der Waals surface area (Å²) < 4.78 is 6.84. The van der Waals surface area contributed by atoms with Crippen LogP contribution in [0, 0.1) is 12.1 Å². The molecule has 0 spiro atoms. The van der Waals surface area contributed by atoms with E-state index in [1.807, 2.05) is 6.26 Å². The summed E-state index contributed by atoms with van der Waals surface area (Å²) in [5.74, 6) is -1.58. The summed E-state index contributed by atoms with van der Waals surface area (Å²) in [4.78, 5) is 24.2. The second kappa shape index (κ2) is 9.17. The van der Waals surface area contributed by atoms with Crippen LogP contribution in [-0.4, -0.2) is 62.1 Å². The number of nitrogens with one attached hydrogen (secondary N) is 1. The van der Waals surface area contributed by atoms with Crippen LogP contribution in [0.1, 0.15) is 34.1 Å². The van der Waals surface area contributed by atoms with Crippen molar-refractivity contribution in [2.24, 2.45) is 5.73 Å². The second-order valence-electron chi connectivity index (χ2n) is 6.46. The van der Waals surface area contributed by atoms with Crippen molar-refractivity contribution in [3.8, 4) is 5.75 Å². The van der Waals surface area contributed by atoms with Crippen molar-refractivity contribution in [3.05, 3.63) is 41.2 Å². The molecule has 2 heterocycles. The van der Waals surface area contributed by atoms with E-state index in [0.717, 1.165) is 0 Å². The summed E-state index contributed by atoms with van der Waals surface area (Å²) in [6, 6.07) is 6.01. The van der Waals surface area contributed by atoms with Crippen molar-refractivity contribution in [1.29, 1.82) is 0 Å². The maximum absolute atomic E-state index is 12.9. The van der Waals surface area contributed by atoms with Crippen LogP contribution in [-0.2, 0) is 17.8 Å². The molecule has 29 heavy (non-hydrogen) atoms. The summed E-state index contributed by atoms with van der Waals surface area (Å²) >= 11 is 1.59. The molecule has 0 saturated carbocycles. The number of carbonyl (C=O) groups is 2. The molecule has 1 aliphatic heterocycles. The van der Waals surface area contributed by atoms with Crippen LogP contribution in [0.15, 0.2) is 12.3 Å². The summed E-state index contributed by atoms with van der Waals surface area (Å²) in [6.07, 6.45) is 4.21. The molecule has 3 rings (SSSR count). The lowest BCUT2D eigenvalue weighted by molar-refractivity contribution is -0.125. The van der Waals surface area contributed by atoms with E-state index in [0.29, 0.717) is 23.4 Å². The van der Waals surface area contributed by atoms with Gasteiger partial charge in [-0.25, -0.2) is 9.48 Å². The molecule has 0 radical (unpaired) electrons. The number of amides is 1. The van der Waals surface area contributed by atoms with E-state index in [9.17, 15) is 19.7 Å². The zero-order valence-corrected chi connectivity index (χ0v) is 16.5. The Morgan fingerprint density at radius 1 is 1.59 bits per heavy atom. The Bertz CT molecular complexity index is 895. The minimum atomic E-state index is -1.41. The number of rotatable bonds is 8. The van der Waals surface area contributed by atoms with Gasteiger partial charge in [-0.2, -0.15) is 11.8 Å². The first-order valence-corrected chi connectivity index (χ1v) is 10.3. The van der Waals surface area contributed by atoms with Crippen molar-refractivity contribution < 1.29 is 24.4 Å². The lowest BCUT2D eigenvalue weighted by Gasteiger charge is -2.29. The highest BCUT2D eigenvalue weighted by atomic mass is 32.2. The third-order valence-corrected chi connectivity index (χ3v) is 5.15. The van der Waals surface area contributed by atoms with Gasteiger partial charge in [-0.05, 0) is 18.4 Å². The Kier molecular flexibility index (Phi) is 6.63. The molecule has 2 atom stereocenters. The van der Waals surface area contributed by atoms with Gasteiger partial charge in [-0.3, -0.25) is 4.79 Å². The van der Waals surface area contributed by atoms with Crippen LogP contribution >= 0.6 is 11.8 Å². The van der Waals surface area contributed by atoms with Gasteiger partial charge >= 0.3 is 13.1 Å². The monoisotopic (exact) mass is 417 g/mol. The molecule has 1 aliphatic rings. The zero-order valence-electron chi connectivity index (χ0n) is 15.7. The molecular formula is C17H20BN5O5S. The standard InChI is InChI=1S/C17H20BN5O5S/c1-29-6-5-13(23-9-11(8-19)21-22-23)16(24)20-14-7-10-3-2-4-12(17(25)26)15(10)28-18(14)27/h4,9,13-14,27H,5-8,19H2,1H3,(H,20,24)(H,25,26)/t13-,14?/m0/s1. The number of hydrogen-bond acceptors (Lipinski definition) is 8. The predicted octanol–water partition coefficient (Wildman–Crippen LogP) is -0.531. The van der Waals surface area contributed by atoms with Crippen LogP contribution in [0.5, 0.6) is 5.75 Å². The summed E-state index contributed by atoms with van der Waals surface area (Å²) in [7, 11) is -1.41. The van der Waals surface area contributed by atoms with E-state index in [2.05, 4.69) is 27.8 Å². The summed E-state index contributed by atoms with van der Waals surface area (Å²) in [5, 5.41) is 30.3. The largest absolute Gasteiger partial charge is 0.547 e. The van der Waals surface area contributed by atoms with Crippen molar-refractivity contribution in [3.63, 3.8) is 0 Å². The molecule has 0 saturated heterocycles. The van der Waals surface area contributed by atoms with Crippen LogP contribution in [0.2, 0.25) is 0 Å². The van der Waals surface area contributed by atoms with Crippen LogP contribution in [0.3, 0.4) is 0 Å². The Morgan fingerprint density at radius 2 is 2.38 bits per heavy atom. The van der Waals surface area contributed by atoms with Crippen LogP contribution in [0.25, 0.3) is 0 Å². The molecule has 2 aromatic rings. The number of aromatic carboxylic acids is 1. The van der Waals surface area contributed by atoms with Gasteiger partial charge in [0.25, 0.3) is 0 Å². The highest BCUT2D eigenvalue weighted by Crippen LogP contribution is 2.28. The molecule has 1 aromatic heterocycles. The van der Waals surface area contributed by atoms with E-state index in [-0.39, 0.29) is 30.2 Å². The Labute approximate surface area is 171 Å². The van der Waals surface area contributed by atoms with Crippen LogP contribution in [0.4, 0.5) is 0 Å². The molecule has 0 fully saturated rings. The fraction of sp³-hybridized carbons (Fsp3) is 0.412. The van der Waals surface area contributed by atoms with E-state index in [1.54, 1.807) is 18.0 Å². The van der Waals surface area contributed by atoms with Gasteiger partial charge in [-0.15, -0.1) is 5.10 Å². The number of fused-ring (bicyclic) bond motifs is 1. The Morgan fingerprint density at radius 3 is 3.03 bits per heavy atom. The van der Waals surface area contributed by atoms with Crippen molar-refractivity contribution in [1.82, 2.24) is 20.3 Å². The fourth-order valence-corrected chi connectivity index (χ4v) is 3.47. The molecule has 0 bridgehead atoms. The topological polar surface area (TPSA) is 153 Å². The Balaban J connectivity index is 1.77. The van der Waals surface area contributed by atoms with Crippen molar-refractivity contribution in [2.45, 2.75) is 31.4 Å². The number of hydrogen-bond donors (Lipinski definition) is 4. The molecule has 0 aliphatic carbocycles. The van der Waals surface area contributed by atoms with Crippen LogP contribution < -0.4 is 15.7 Å². The maximum Gasteiger partial charge on any atom is 0.547 e. The number of carbonyl (C=O) groups excluding carboxylic acids is 1. The van der Waals surface area contributed by atoms with Gasteiger partial charge in [0, 0.05) is 24.6 Å². The summed E-state index contributed by atoms with van der Waals surface area (Å²) in [5.41, 5.74) is 6.44. The Hall–Kier alpha value is -2.75. The van der Waals surface area contributed by atoms with E-state index >= 15 is 0 Å². The molecule has 1 amide bonds. The third-order valence-electron chi connectivity index (χ3n) is 4.51. The smallest absolute Gasteiger partial charge is 0.534 e. The maximum atomic E-state index is 12.9. The van der Waals surface area contributed by atoms with E-state index < -0.39 is 25.1 Å². The average molecular weight is 417 g/mol. The SMILES string of the molecule is CSCC[C@@H](C(=O)NC1Cc2c#ccc(C(=O)O)c2OB1O)n1cc(CN)nn1. The van der Waals surface area contributed by atoms with Gasteiger partial charge in [0.2, 0.25) is 5.91 Å². The number of thioether (sulfide) groups is 1. The minimum absolute atomic E-state index is 0.0389. The third kappa shape index (κ3) is 4.64. The number of nitrogens with zero attached hydrogens (tertiary/aromatic N) is 3. The first-order valence-electron chi connectivity index (χ1n) is 8.88. The normalized spacial score (nSPS) is 16.4. The van der Waals surface area contributed by atoms with Gasteiger partial charge in [0.05, 0.1) is 17.8 Å². The highest BCUT2D eigenvalue weighted by molar-refractivity contribution is 7.98. The first-order chi connectivity index (χ1) is 13.9. The van der Waals surface area contributed by atoms with E-state index in [4.69, 9.17) is 10.4 Å². The molecule has 5 N–H and O–H groups in total. The van der Waals surface area contributed by atoms with Gasteiger partial charge in [0.15, 0.2) is 0 Å². The molecule has 10 nitrogen and oxygen atoms in total. The number of carboxylic acid groups (broad SMARTS) is 1. The number of nitrogens with two attached hydrogens (primary N) is 1. The van der Waals surface area contributed by atoms with E-state index in [1.165, 1.54) is 10.7 Å². The van der Waals surface area contributed by atoms with Gasteiger partial charge < -0.3 is 25.8 Å².